The van der Waals surface area contributed by atoms with Crippen LogP contribution in [0.2, 0.25) is 0 Å². The van der Waals surface area contributed by atoms with Crippen LogP contribution in [0.25, 0.3) is 212 Å². The predicted octanol–water partition coefficient (Wildman–Crippen LogP) is 26.4. The number of aromatic nitrogens is 8. The van der Waals surface area contributed by atoms with Crippen LogP contribution in [0.4, 0.5) is 0 Å². The molecule has 0 aliphatic rings. The van der Waals surface area contributed by atoms with Gasteiger partial charge in [-0.1, -0.05) is 285 Å². The summed E-state index contributed by atoms with van der Waals surface area (Å²) < 4.78 is 17.7. The summed E-state index contributed by atoms with van der Waals surface area (Å²) in [5.41, 5.74) is 24.2. The molecule has 22 rings (SSSR count). The quantitative estimate of drug-likeness (QED) is 0.119. The minimum atomic E-state index is 0.567. The van der Waals surface area contributed by atoms with E-state index in [-0.39, 0.29) is 0 Å². The highest BCUT2D eigenvalue weighted by molar-refractivity contribution is 6.17. The second-order valence-corrected chi connectivity index (χ2v) is 28.0. The van der Waals surface area contributed by atoms with E-state index in [1.165, 1.54) is 32.7 Å². The monoisotopic (exact) mass is 1430 g/mol. The van der Waals surface area contributed by atoms with Gasteiger partial charge in [-0.25, -0.2) is 29.9 Å². The third kappa shape index (κ3) is 11.6. The van der Waals surface area contributed by atoms with Gasteiger partial charge < -0.3 is 18.0 Å². The highest BCUT2D eigenvalue weighted by Gasteiger charge is 2.24. The van der Waals surface area contributed by atoms with E-state index in [1.807, 2.05) is 103 Å². The van der Waals surface area contributed by atoms with Crippen LogP contribution >= 0.6 is 0 Å². The lowest BCUT2D eigenvalue weighted by Gasteiger charge is -2.14. The van der Waals surface area contributed by atoms with E-state index in [2.05, 4.69) is 294 Å². The fourth-order valence-corrected chi connectivity index (χ4v) is 16.1. The normalized spacial score (nSPS) is 11.6. The lowest BCUT2D eigenvalue weighted by atomic mass is 9.96. The number of furan rings is 2. The lowest BCUT2D eigenvalue weighted by Crippen LogP contribution is -2.02. The van der Waals surface area contributed by atoms with Crippen LogP contribution in [-0.2, 0) is 0 Å². The van der Waals surface area contributed by atoms with Crippen molar-refractivity contribution < 1.29 is 8.83 Å². The summed E-state index contributed by atoms with van der Waals surface area (Å²) in [5, 5.41) is 9.17. The Morgan fingerprint density at radius 2 is 0.491 bits per heavy atom. The van der Waals surface area contributed by atoms with Crippen molar-refractivity contribution in [3.05, 3.63) is 388 Å². The summed E-state index contributed by atoms with van der Waals surface area (Å²) in [6.45, 7) is 0. The molecule has 524 valence electrons. The molecule has 0 atom stereocenters. The van der Waals surface area contributed by atoms with Crippen molar-refractivity contribution in [2.45, 2.75) is 0 Å². The largest absolute Gasteiger partial charge is 0.456 e. The van der Waals surface area contributed by atoms with E-state index in [0.717, 1.165) is 144 Å². The molecule has 0 aliphatic heterocycles. The van der Waals surface area contributed by atoms with Crippen LogP contribution in [0.3, 0.4) is 0 Å². The van der Waals surface area contributed by atoms with Gasteiger partial charge in [-0.15, -0.1) is 0 Å². The Bertz CT molecular complexity index is 7290. The first-order valence-corrected chi connectivity index (χ1v) is 37.5. The summed E-state index contributed by atoms with van der Waals surface area (Å²) in [6.07, 6.45) is 0. The van der Waals surface area contributed by atoms with Gasteiger partial charge in [0.1, 0.15) is 22.3 Å². The molecule has 0 aliphatic carbocycles. The van der Waals surface area contributed by atoms with E-state index in [1.54, 1.807) is 0 Å². The molecule has 0 amide bonds. The molecule has 0 saturated heterocycles. The number of fused-ring (bicyclic) bond motifs is 12. The first-order valence-electron chi connectivity index (χ1n) is 37.5. The van der Waals surface area contributed by atoms with Crippen molar-refractivity contribution in [1.29, 1.82) is 0 Å². The van der Waals surface area contributed by atoms with Gasteiger partial charge in [0.05, 0.1) is 22.1 Å². The van der Waals surface area contributed by atoms with E-state index >= 15 is 0 Å². The average Bonchev–Trinajstić information content (AvgIpc) is 1.59. The molecule has 0 saturated carbocycles. The molecule has 0 radical (unpaired) electrons. The Morgan fingerprint density at radius 1 is 0.170 bits per heavy atom. The standard InChI is InChI=1S/2C51H32N4O/c1-4-16-33(17-5-1)36-28-37(30-39(29-36)55-44-25-13-10-22-40(44)41-23-11-14-26-45(41)55)50-52-49(35-20-8-3-9-21-35)53-51(54-50)38-31-43(34-18-6-2-7-19-34)48-42-24-12-15-27-46(42)56-47(48)32-38;1-4-15-33(16-5-1)39-23-14-25-44-47(39)40-21-10-12-24-43(40)55(44)38-29-27-36(28-30-38)50-52-49(35-19-8-3-9-20-35)53-51(54-50)37-31-42(34-17-6-2-7-18-34)48-41-22-11-13-26-45(41)56-46(48)32-37/h2*1-32H. The number of nitrogens with zero attached hydrogens (tertiary/aromatic N) is 8. The van der Waals surface area contributed by atoms with E-state index in [9.17, 15) is 0 Å². The molecule has 0 spiro atoms. The molecule has 10 heteroatoms. The van der Waals surface area contributed by atoms with Crippen LogP contribution < -0.4 is 0 Å². The van der Waals surface area contributed by atoms with Gasteiger partial charge in [0, 0.05) is 87.8 Å². The topological polar surface area (TPSA) is 113 Å². The third-order valence-electron chi connectivity index (χ3n) is 21.3. The first kappa shape index (κ1) is 65.1. The summed E-state index contributed by atoms with van der Waals surface area (Å²) in [7, 11) is 0. The molecule has 16 aromatic carbocycles. The van der Waals surface area contributed by atoms with Crippen molar-refractivity contribution >= 4 is 87.5 Å². The molecule has 0 N–H and O–H groups in total. The van der Waals surface area contributed by atoms with Crippen molar-refractivity contribution in [2.24, 2.45) is 0 Å². The Balaban J connectivity index is 0.000000141. The van der Waals surface area contributed by atoms with Gasteiger partial charge in [-0.05, 0) is 148 Å². The number of hydrogen-bond donors (Lipinski definition) is 0. The second kappa shape index (κ2) is 27.5. The van der Waals surface area contributed by atoms with Gasteiger partial charge in [0.15, 0.2) is 34.9 Å². The molecular weight excluding hydrogens is 1370 g/mol. The molecule has 0 bridgehead atoms. The second-order valence-electron chi connectivity index (χ2n) is 28.0. The minimum Gasteiger partial charge on any atom is -0.456 e. The van der Waals surface area contributed by atoms with Crippen LogP contribution in [-0.4, -0.2) is 39.0 Å². The average molecular weight is 1430 g/mol. The summed E-state index contributed by atoms with van der Waals surface area (Å²) in [6, 6.07) is 135. The van der Waals surface area contributed by atoms with Crippen molar-refractivity contribution in [3.8, 4) is 124 Å². The van der Waals surface area contributed by atoms with Gasteiger partial charge in [-0.3, -0.25) is 0 Å². The number of rotatable bonds is 12. The van der Waals surface area contributed by atoms with Crippen LogP contribution in [0.5, 0.6) is 0 Å². The molecule has 0 unspecified atom stereocenters. The molecule has 10 nitrogen and oxygen atoms in total. The zero-order valence-corrected chi connectivity index (χ0v) is 60.3. The SMILES string of the molecule is c1ccc(-c2cc(-c3nc(-c4ccccc4)nc(-c4cc(-c5ccccc5)c5c(c4)oc4ccccc45)n3)cc(-n3c4ccccc4c4ccccc43)c2)cc1.c1ccc(-c2nc(-c3ccc(-n4c5ccccc5c5c(-c6ccccc6)cccc54)cc3)nc(-c3cc(-c4ccccc4)c4c(c3)oc3ccccc34)n2)cc1. The van der Waals surface area contributed by atoms with Gasteiger partial charge in [0.25, 0.3) is 0 Å². The zero-order chi connectivity index (χ0) is 74.0. The maximum atomic E-state index is 6.52. The highest BCUT2D eigenvalue weighted by atomic mass is 16.3. The van der Waals surface area contributed by atoms with Crippen molar-refractivity contribution in [1.82, 2.24) is 39.0 Å². The zero-order valence-electron chi connectivity index (χ0n) is 60.3. The summed E-state index contributed by atoms with van der Waals surface area (Å²) in [4.78, 5) is 31.0. The molecule has 6 aromatic heterocycles. The van der Waals surface area contributed by atoms with Crippen molar-refractivity contribution in [2.75, 3.05) is 0 Å². The molecular formula is C102H64N8O2. The predicted molar refractivity (Wildman–Crippen MR) is 457 cm³/mol. The highest BCUT2D eigenvalue weighted by Crippen LogP contribution is 2.45. The fourth-order valence-electron chi connectivity index (χ4n) is 16.1. The Morgan fingerprint density at radius 3 is 0.946 bits per heavy atom. The van der Waals surface area contributed by atoms with Crippen molar-refractivity contribution in [3.63, 3.8) is 0 Å². The first-order chi connectivity index (χ1) is 55.5. The van der Waals surface area contributed by atoms with E-state index < -0.39 is 0 Å². The summed E-state index contributed by atoms with van der Waals surface area (Å²) in [5.74, 6) is 3.53. The smallest absolute Gasteiger partial charge is 0.164 e. The van der Waals surface area contributed by atoms with Crippen LogP contribution in [0.15, 0.2) is 397 Å². The molecule has 22 aromatic rings. The Kier molecular flexibility index (Phi) is 16.0. The number of hydrogen-bond acceptors (Lipinski definition) is 8. The van der Waals surface area contributed by atoms with Gasteiger partial charge in [0.2, 0.25) is 0 Å². The number of benzene rings is 16. The maximum absolute atomic E-state index is 6.52. The van der Waals surface area contributed by atoms with E-state index in [4.69, 9.17) is 38.7 Å². The molecule has 112 heavy (non-hydrogen) atoms. The van der Waals surface area contributed by atoms with Crippen LogP contribution in [0, 0.1) is 0 Å². The minimum absolute atomic E-state index is 0.567. The van der Waals surface area contributed by atoms with Crippen LogP contribution in [0.1, 0.15) is 0 Å². The van der Waals surface area contributed by atoms with E-state index in [0.29, 0.717) is 34.9 Å². The van der Waals surface area contributed by atoms with Gasteiger partial charge in [-0.2, -0.15) is 0 Å². The lowest BCUT2D eigenvalue weighted by molar-refractivity contribution is 0.668. The fraction of sp³-hybridized carbons (Fsp3) is 0. The van der Waals surface area contributed by atoms with Gasteiger partial charge >= 0.3 is 0 Å². The molecule has 0 fully saturated rings. The maximum Gasteiger partial charge on any atom is 0.164 e. The summed E-state index contributed by atoms with van der Waals surface area (Å²) >= 11 is 0. The third-order valence-corrected chi connectivity index (χ3v) is 21.3. The Labute approximate surface area is 643 Å². The Hall–Kier alpha value is -15.3. The molecule has 6 heterocycles. The number of para-hydroxylation sites is 5.